The lowest BCUT2D eigenvalue weighted by atomic mass is 10.1. The molecule has 2 aliphatic rings. The fraction of sp³-hybridized carbons (Fsp3) is 0.318. The van der Waals surface area contributed by atoms with E-state index in [4.69, 9.17) is 14.2 Å². The maximum absolute atomic E-state index is 12.6. The van der Waals surface area contributed by atoms with Crippen LogP contribution >= 0.6 is 0 Å². The van der Waals surface area contributed by atoms with Gasteiger partial charge in [0.05, 0.1) is 18.2 Å². The largest absolute Gasteiger partial charge is 0.492 e. The van der Waals surface area contributed by atoms with E-state index in [0.717, 1.165) is 0 Å². The van der Waals surface area contributed by atoms with Crippen LogP contribution in [0.15, 0.2) is 48.5 Å². The third-order valence-electron chi connectivity index (χ3n) is 5.06. The maximum Gasteiger partial charge on any atom is 0.283 e. The van der Waals surface area contributed by atoms with E-state index in [2.05, 4.69) is 10.9 Å². The molecule has 0 aromatic heterocycles. The molecule has 2 aromatic rings. The second-order valence-electron chi connectivity index (χ2n) is 7.15. The molecule has 1 fully saturated rings. The molecule has 9 nitrogen and oxygen atoms in total. The lowest BCUT2D eigenvalue weighted by Crippen LogP contribution is -2.52. The standard InChI is InChI=1S/C22H23N3O6/c1-2-29-16-8-4-3-7-15(16)25-12-14(11-20(25)26)21(27)23-24-22(28)19-13-30-17-9-5-6-10-18(17)31-19/h3-10,14,19H,2,11-13H2,1H3,(H,23,27)(H,24,28). The van der Waals surface area contributed by atoms with Crippen LogP contribution in [0, 0.1) is 5.92 Å². The highest BCUT2D eigenvalue weighted by molar-refractivity contribution is 6.01. The zero-order valence-corrected chi connectivity index (χ0v) is 17.0. The SMILES string of the molecule is CCOc1ccccc1N1CC(C(=O)NNC(=O)C2COc3ccccc3O2)CC1=O. The van der Waals surface area contributed by atoms with E-state index in [1.54, 1.807) is 30.3 Å². The van der Waals surface area contributed by atoms with Crippen molar-refractivity contribution >= 4 is 23.4 Å². The molecule has 0 radical (unpaired) electrons. The van der Waals surface area contributed by atoms with E-state index >= 15 is 0 Å². The number of nitrogens with zero attached hydrogens (tertiary/aromatic N) is 1. The van der Waals surface area contributed by atoms with Gasteiger partial charge < -0.3 is 19.1 Å². The van der Waals surface area contributed by atoms with Gasteiger partial charge in [-0.05, 0) is 31.2 Å². The summed E-state index contributed by atoms with van der Waals surface area (Å²) in [5.74, 6) is -0.160. The molecule has 0 spiro atoms. The Morgan fingerprint density at radius 3 is 2.58 bits per heavy atom. The summed E-state index contributed by atoms with van der Waals surface area (Å²) in [6.07, 6.45) is -0.853. The molecule has 9 heteroatoms. The van der Waals surface area contributed by atoms with Gasteiger partial charge in [-0.2, -0.15) is 0 Å². The minimum absolute atomic E-state index is 0.0304. The first-order chi connectivity index (χ1) is 15.1. The Kier molecular flexibility index (Phi) is 5.92. The number of rotatable bonds is 5. The van der Waals surface area contributed by atoms with E-state index < -0.39 is 23.8 Å². The lowest BCUT2D eigenvalue weighted by molar-refractivity contribution is -0.136. The van der Waals surface area contributed by atoms with Crippen LogP contribution in [0.5, 0.6) is 17.2 Å². The summed E-state index contributed by atoms with van der Waals surface area (Å²) in [5, 5.41) is 0. The van der Waals surface area contributed by atoms with Crippen molar-refractivity contribution in [3.8, 4) is 17.2 Å². The van der Waals surface area contributed by atoms with Crippen LogP contribution < -0.4 is 30.0 Å². The van der Waals surface area contributed by atoms with E-state index in [1.807, 2.05) is 25.1 Å². The van der Waals surface area contributed by atoms with Gasteiger partial charge in [0.25, 0.3) is 5.91 Å². The number of nitrogens with one attached hydrogen (secondary N) is 2. The van der Waals surface area contributed by atoms with Crippen LogP contribution in [-0.2, 0) is 14.4 Å². The van der Waals surface area contributed by atoms with Crippen molar-refractivity contribution in [2.75, 3.05) is 24.7 Å². The zero-order chi connectivity index (χ0) is 21.8. The number of fused-ring (bicyclic) bond motifs is 1. The molecule has 2 heterocycles. The van der Waals surface area contributed by atoms with Gasteiger partial charge in [0.15, 0.2) is 11.5 Å². The van der Waals surface area contributed by atoms with Crippen LogP contribution in [0.1, 0.15) is 13.3 Å². The Labute approximate surface area is 179 Å². The van der Waals surface area contributed by atoms with Gasteiger partial charge in [-0.3, -0.25) is 25.2 Å². The van der Waals surface area contributed by atoms with Gasteiger partial charge in [-0.15, -0.1) is 0 Å². The monoisotopic (exact) mass is 425 g/mol. The lowest BCUT2D eigenvalue weighted by Gasteiger charge is -2.25. The van der Waals surface area contributed by atoms with Gasteiger partial charge in [0, 0.05) is 13.0 Å². The topological polar surface area (TPSA) is 106 Å². The van der Waals surface area contributed by atoms with Crippen LogP contribution in [0.3, 0.4) is 0 Å². The highest BCUT2D eigenvalue weighted by atomic mass is 16.6. The minimum Gasteiger partial charge on any atom is -0.492 e. The normalized spacial score (nSPS) is 19.6. The number of carbonyl (C=O) groups is 3. The number of ether oxygens (including phenoxy) is 3. The average Bonchev–Trinajstić information content (AvgIpc) is 3.19. The summed E-state index contributed by atoms with van der Waals surface area (Å²) in [6.45, 7) is 2.55. The Hall–Kier alpha value is -3.75. The molecule has 0 saturated carbocycles. The third-order valence-corrected chi connectivity index (χ3v) is 5.06. The molecular weight excluding hydrogens is 402 g/mol. The molecule has 2 aromatic carbocycles. The predicted molar refractivity (Wildman–Crippen MR) is 111 cm³/mol. The molecule has 0 bridgehead atoms. The predicted octanol–water partition coefficient (Wildman–Crippen LogP) is 1.43. The molecule has 2 aliphatic heterocycles. The molecule has 2 unspecified atom stereocenters. The van der Waals surface area contributed by atoms with Crippen molar-refractivity contribution in [1.29, 1.82) is 0 Å². The van der Waals surface area contributed by atoms with Crippen molar-refractivity contribution in [3.63, 3.8) is 0 Å². The fourth-order valence-electron chi connectivity index (χ4n) is 3.53. The van der Waals surface area contributed by atoms with Gasteiger partial charge in [0.2, 0.25) is 17.9 Å². The first kappa shape index (κ1) is 20.5. The second-order valence-corrected chi connectivity index (χ2v) is 7.15. The minimum atomic E-state index is -0.894. The quantitative estimate of drug-likeness (QED) is 0.702. The summed E-state index contributed by atoms with van der Waals surface area (Å²) in [7, 11) is 0. The molecule has 162 valence electrons. The average molecular weight is 425 g/mol. The highest BCUT2D eigenvalue weighted by Gasteiger charge is 2.37. The number of benzene rings is 2. The Balaban J connectivity index is 1.33. The number of hydrogen-bond donors (Lipinski definition) is 2. The molecule has 31 heavy (non-hydrogen) atoms. The number of para-hydroxylation sites is 4. The summed E-state index contributed by atoms with van der Waals surface area (Å²) in [4.78, 5) is 39.0. The van der Waals surface area contributed by atoms with Gasteiger partial charge in [-0.25, -0.2) is 0 Å². The number of carbonyl (C=O) groups excluding carboxylic acids is 3. The van der Waals surface area contributed by atoms with Crippen molar-refractivity contribution < 1.29 is 28.6 Å². The van der Waals surface area contributed by atoms with Crippen molar-refractivity contribution in [1.82, 2.24) is 10.9 Å². The van der Waals surface area contributed by atoms with E-state index in [9.17, 15) is 14.4 Å². The van der Waals surface area contributed by atoms with Gasteiger partial charge >= 0.3 is 0 Å². The summed E-state index contributed by atoms with van der Waals surface area (Å²) in [6, 6.07) is 14.2. The molecule has 2 atom stereocenters. The van der Waals surface area contributed by atoms with E-state index in [1.165, 1.54) is 4.90 Å². The molecule has 2 N–H and O–H groups in total. The van der Waals surface area contributed by atoms with Gasteiger partial charge in [-0.1, -0.05) is 24.3 Å². The number of amides is 3. The Morgan fingerprint density at radius 1 is 1.06 bits per heavy atom. The number of hydrazine groups is 1. The molecular formula is C22H23N3O6. The Morgan fingerprint density at radius 2 is 1.77 bits per heavy atom. The zero-order valence-electron chi connectivity index (χ0n) is 17.0. The summed E-state index contributed by atoms with van der Waals surface area (Å²) in [5.41, 5.74) is 5.38. The third kappa shape index (κ3) is 4.40. The maximum atomic E-state index is 12.6. The van der Waals surface area contributed by atoms with Crippen molar-refractivity contribution in [2.45, 2.75) is 19.4 Å². The van der Waals surface area contributed by atoms with Crippen LogP contribution in [-0.4, -0.2) is 43.6 Å². The molecule has 1 saturated heterocycles. The Bertz CT molecular complexity index is 995. The van der Waals surface area contributed by atoms with Gasteiger partial charge in [0.1, 0.15) is 12.4 Å². The second kappa shape index (κ2) is 8.95. The molecule has 3 amide bonds. The van der Waals surface area contributed by atoms with Crippen molar-refractivity contribution in [3.05, 3.63) is 48.5 Å². The van der Waals surface area contributed by atoms with E-state index in [0.29, 0.717) is 29.5 Å². The van der Waals surface area contributed by atoms with E-state index in [-0.39, 0.29) is 25.5 Å². The smallest absolute Gasteiger partial charge is 0.283 e. The number of anilines is 1. The number of hydrogen-bond acceptors (Lipinski definition) is 6. The highest BCUT2D eigenvalue weighted by Crippen LogP contribution is 2.33. The van der Waals surface area contributed by atoms with Crippen LogP contribution in [0.2, 0.25) is 0 Å². The fourth-order valence-corrected chi connectivity index (χ4v) is 3.53. The molecule has 0 aliphatic carbocycles. The summed E-state index contributed by atoms with van der Waals surface area (Å²) < 4.78 is 16.7. The van der Waals surface area contributed by atoms with Crippen molar-refractivity contribution in [2.24, 2.45) is 5.92 Å². The first-order valence-corrected chi connectivity index (χ1v) is 10.1. The first-order valence-electron chi connectivity index (χ1n) is 10.1. The van der Waals surface area contributed by atoms with Crippen LogP contribution in [0.4, 0.5) is 5.69 Å². The summed E-state index contributed by atoms with van der Waals surface area (Å²) >= 11 is 0. The van der Waals surface area contributed by atoms with Crippen LogP contribution in [0.25, 0.3) is 0 Å². The molecule has 4 rings (SSSR count).